The predicted molar refractivity (Wildman–Crippen MR) is 91.7 cm³/mol. The van der Waals surface area contributed by atoms with Crippen molar-refractivity contribution >= 4 is 11.9 Å². The third-order valence-corrected chi connectivity index (χ3v) is 3.18. The molecule has 0 heterocycles. The summed E-state index contributed by atoms with van der Waals surface area (Å²) in [6.45, 7) is 7.16. The van der Waals surface area contributed by atoms with E-state index >= 15 is 0 Å². The number of methoxy groups -OCH3 is 1. The minimum atomic E-state index is -0.307. The van der Waals surface area contributed by atoms with E-state index < -0.39 is 0 Å². The van der Waals surface area contributed by atoms with Gasteiger partial charge in [-0.2, -0.15) is 0 Å². The Bertz CT molecular complexity index is 534. The summed E-state index contributed by atoms with van der Waals surface area (Å²) < 4.78 is 23.2. The van der Waals surface area contributed by atoms with Gasteiger partial charge in [0.15, 0.2) is 5.96 Å². The smallest absolute Gasteiger partial charge is 0.310 e. The van der Waals surface area contributed by atoms with Crippen LogP contribution in [0.5, 0.6) is 5.75 Å². The monoisotopic (exact) mass is 339 g/mol. The van der Waals surface area contributed by atoms with Gasteiger partial charge in [0.1, 0.15) is 17.7 Å². The number of halogens is 1. The zero-order valence-electron chi connectivity index (χ0n) is 14.6. The van der Waals surface area contributed by atoms with Gasteiger partial charge in [0.05, 0.1) is 26.1 Å². The molecule has 0 aromatic heterocycles. The summed E-state index contributed by atoms with van der Waals surface area (Å²) >= 11 is 0. The van der Waals surface area contributed by atoms with Gasteiger partial charge in [-0.25, -0.2) is 4.39 Å². The summed E-state index contributed by atoms with van der Waals surface area (Å²) in [6.07, 6.45) is -0.141. The molecule has 0 spiro atoms. The third kappa shape index (κ3) is 7.30. The van der Waals surface area contributed by atoms with Crippen LogP contribution in [0.4, 0.5) is 4.39 Å². The minimum Gasteiger partial charge on any atom is -0.489 e. The number of carbonyl (C=O) groups excluding carboxylic acids is 1. The van der Waals surface area contributed by atoms with Crippen molar-refractivity contribution in [2.45, 2.75) is 26.9 Å². The second kappa shape index (κ2) is 10.5. The van der Waals surface area contributed by atoms with Crippen LogP contribution in [0.2, 0.25) is 0 Å². The lowest BCUT2D eigenvalue weighted by Crippen LogP contribution is -2.42. The summed E-state index contributed by atoms with van der Waals surface area (Å²) in [5.41, 5.74) is 0. The van der Waals surface area contributed by atoms with Crippen LogP contribution in [0.3, 0.4) is 0 Å². The van der Waals surface area contributed by atoms with Crippen LogP contribution < -0.4 is 15.4 Å². The Morgan fingerprint density at radius 1 is 1.25 bits per heavy atom. The molecular weight excluding hydrogens is 313 g/mol. The lowest BCUT2D eigenvalue weighted by molar-refractivity contribution is -0.144. The summed E-state index contributed by atoms with van der Waals surface area (Å²) in [5, 5.41) is 6.26. The minimum absolute atomic E-state index is 0.141. The molecule has 0 saturated heterocycles. The first kappa shape index (κ1) is 19.7. The molecule has 7 heteroatoms. The summed E-state index contributed by atoms with van der Waals surface area (Å²) in [6, 6.07) is 5.89. The van der Waals surface area contributed by atoms with Crippen molar-refractivity contribution < 1.29 is 18.7 Å². The molecule has 1 aromatic rings. The van der Waals surface area contributed by atoms with Gasteiger partial charge in [-0.1, -0.05) is 6.92 Å². The molecule has 0 aliphatic heterocycles. The molecular formula is C17H26FN3O3. The van der Waals surface area contributed by atoms with Gasteiger partial charge in [0.2, 0.25) is 0 Å². The maximum atomic E-state index is 12.9. The number of benzene rings is 1. The Kier molecular flexibility index (Phi) is 8.60. The highest BCUT2D eigenvalue weighted by molar-refractivity contribution is 5.80. The number of aliphatic imine (C=N–C) groups is 1. The normalized spacial score (nSPS) is 13.8. The van der Waals surface area contributed by atoms with Gasteiger partial charge in [0, 0.05) is 6.54 Å². The Hall–Kier alpha value is -2.31. The van der Waals surface area contributed by atoms with E-state index in [-0.39, 0.29) is 23.8 Å². The van der Waals surface area contributed by atoms with Gasteiger partial charge >= 0.3 is 5.97 Å². The number of hydrogen-bond acceptors (Lipinski definition) is 4. The average Bonchev–Trinajstić information content (AvgIpc) is 2.58. The average molecular weight is 339 g/mol. The maximum absolute atomic E-state index is 12.9. The van der Waals surface area contributed by atoms with E-state index in [1.54, 1.807) is 19.1 Å². The highest BCUT2D eigenvalue weighted by Gasteiger charge is 2.13. The highest BCUT2D eigenvalue weighted by atomic mass is 19.1. The van der Waals surface area contributed by atoms with Crippen LogP contribution >= 0.6 is 0 Å². The molecule has 0 saturated carbocycles. The first-order valence-corrected chi connectivity index (χ1v) is 7.98. The molecule has 0 aliphatic carbocycles. The molecule has 1 aromatic carbocycles. The van der Waals surface area contributed by atoms with Crippen LogP contribution in [0, 0.1) is 11.7 Å². The molecule has 0 fully saturated rings. The summed E-state index contributed by atoms with van der Waals surface area (Å²) in [7, 11) is 1.36. The number of hydrogen-bond donors (Lipinski definition) is 2. The predicted octanol–water partition coefficient (Wildman–Crippen LogP) is 1.96. The number of nitrogens with zero attached hydrogens (tertiary/aromatic N) is 1. The second-order valence-electron chi connectivity index (χ2n) is 5.41. The lowest BCUT2D eigenvalue weighted by atomic mass is 10.2. The molecule has 1 rings (SSSR count). The van der Waals surface area contributed by atoms with Crippen molar-refractivity contribution in [2.24, 2.45) is 10.9 Å². The fourth-order valence-corrected chi connectivity index (χ4v) is 1.87. The molecule has 2 atom stereocenters. The quantitative estimate of drug-likeness (QED) is 0.430. The third-order valence-electron chi connectivity index (χ3n) is 3.18. The van der Waals surface area contributed by atoms with Crippen LogP contribution in [0.15, 0.2) is 29.3 Å². The Balaban J connectivity index is 2.49. The summed E-state index contributed by atoms with van der Waals surface area (Å²) in [5.74, 6) is 0.310. The number of guanidine groups is 1. The zero-order valence-corrected chi connectivity index (χ0v) is 14.6. The van der Waals surface area contributed by atoms with Crippen LogP contribution in [0.25, 0.3) is 0 Å². The van der Waals surface area contributed by atoms with Gasteiger partial charge in [0.25, 0.3) is 0 Å². The van der Waals surface area contributed by atoms with Crippen LogP contribution in [-0.4, -0.2) is 44.8 Å². The number of esters is 1. The SMILES string of the molecule is CCNC(=NCC(C)C(=O)OC)NCC(C)Oc1ccc(F)cc1. The van der Waals surface area contributed by atoms with E-state index in [2.05, 4.69) is 20.4 Å². The molecule has 0 aliphatic rings. The van der Waals surface area contributed by atoms with E-state index in [4.69, 9.17) is 4.74 Å². The fraction of sp³-hybridized carbons (Fsp3) is 0.529. The van der Waals surface area contributed by atoms with Gasteiger partial charge in [-0.15, -0.1) is 0 Å². The van der Waals surface area contributed by atoms with Crippen molar-refractivity contribution in [3.05, 3.63) is 30.1 Å². The number of carbonyl (C=O) groups is 1. The highest BCUT2D eigenvalue weighted by Crippen LogP contribution is 2.12. The molecule has 0 amide bonds. The van der Waals surface area contributed by atoms with E-state index in [1.807, 2.05) is 13.8 Å². The number of ether oxygens (including phenoxy) is 2. The van der Waals surface area contributed by atoms with Crippen molar-refractivity contribution in [1.29, 1.82) is 0 Å². The van der Waals surface area contributed by atoms with Crippen molar-refractivity contribution in [3.8, 4) is 5.75 Å². The fourth-order valence-electron chi connectivity index (χ4n) is 1.87. The van der Waals surface area contributed by atoms with Gasteiger partial charge < -0.3 is 20.1 Å². The van der Waals surface area contributed by atoms with Crippen molar-refractivity contribution in [3.63, 3.8) is 0 Å². The Labute approximate surface area is 142 Å². The molecule has 2 unspecified atom stereocenters. The standard InChI is InChI=1S/C17H26FN3O3/c1-5-19-17(20-10-12(2)16(22)23-4)21-11-13(3)24-15-8-6-14(18)7-9-15/h6-9,12-13H,5,10-11H2,1-4H3,(H2,19,20,21). The zero-order chi connectivity index (χ0) is 17.9. The van der Waals surface area contributed by atoms with Gasteiger partial charge in [-0.3, -0.25) is 9.79 Å². The maximum Gasteiger partial charge on any atom is 0.310 e. The van der Waals surface area contributed by atoms with Crippen molar-refractivity contribution in [2.75, 3.05) is 26.7 Å². The first-order valence-electron chi connectivity index (χ1n) is 7.98. The summed E-state index contributed by atoms with van der Waals surface area (Å²) in [4.78, 5) is 15.8. The number of nitrogens with one attached hydrogen (secondary N) is 2. The first-order chi connectivity index (χ1) is 11.5. The van der Waals surface area contributed by atoms with E-state index in [9.17, 15) is 9.18 Å². The Morgan fingerprint density at radius 3 is 2.50 bits per heavy atom. The molecule has 0 radical (unpaired) electrons. The lowest BCUT2D eigenvalue weighted by Gasteiger charge is -2.18. The molecule has 6 nitrogen and oxygen atoms in total. The van der Waals surface area contributed by atoms with Crippen molar-refractivity contribution in [1.82, 2.24) is 10.6 Å². The van der Waals surface area contributed by atoms with Crippen LogP contribution in [0.1, 0.15) is 20.8 Å². The topological polar surface area (TPSA) is 72.0 Å². The van der Waals surface area contributed by atoms with Gasteiger partial charge in [-0.05, 0) is 38.1 Å². The second-order valence-corrected chi connectivity index (χ2v) is 5.41. The molecule has 24 heavy (non-hydrogen) atoms. The van der Waals surface area contributed by atoms with E-state index in [0.717, 1.165) is 0 Å². The molecule has 2 N–H and O–H groups in total. The van der Waals surface area contributed by atoms with E-state index in [0.29, 0.717) is 31.3 Å². The van der Waals surface area contributed by atoms with E-state index in [1.165, 1.54) is 19.2 Å². The molecule has 0 bridgehead atoms. The Morgan fingerprint density at radius 2 is 1.92 bits per heavy atom. The number of rotatable bonds is 8. The largest absolute Gasteiger partial charge is 0.489 e. The van der Waals surface area contributed by atoms with Crippen LogP contribution in [-0.2, 0) is 9.53 Å². The molecule has 134 valence electrons.